The normalized spacial score (nSPS) is 15.1. The van der Waals surface area contributed by atoms with Gasteiger partial charge in [0.05, 0.1) is 43.3 Å². The van der Waals surface area contributed by atoms with Crippen molar-refractivity contribution in [2.75, 3.05) is 58.6 Å². The molecule has 334 valence electrons. The average molecular weight is 906 g/mol. The number of nitrogens with one attached hydrogen (secondary N) is 5. The second kappa shape index (κ2) is 18.4. The molecule has 5 amide bonds. The van der Waals surface area contributed by atoms with Crippen molar-refractivity contribution in [2.24, 2.45) is 0 Å². The predicted octanol–water partition coefficient (Wildman–Crippen LogP) is 3.02. The van der Waals surface area contributed by atoms with Gasteiger partial charge < -0.3 is 26.0 Å². The highest BCUT2D eigenvalue weighted by Crippen LogP contribution is 2.36. The molecule has 7 rings (SSSR count). The highest BCUT2D eigenvalue weighted by Gasteiger charge is 2.45. The molecule has 1 saturated heterocycles. The average Bonchev–Trinajstić information content (AvgIpc) is 3.83. The molecule has 2 aliphatic heterocycles. The first-order valence-electron chi connectivity index (χ1n) is 19.3. The van der Waals surface area contributed by atoms with Crippen molar-refractivity contribution < 1.29 is 50.3 Å². The van der Waals surface area contributed by atoms with E-state index in [9.17, 15) is 45.6 Å². The predicted molar refractivity (Wildman–Crippen MR) is 222 cm³/mol. The zero-order valence-corrected chi connectivity index (χ0v) is 34.7. The van der Waals surface area contributed by atoms with Crippen molar-refractivity contribution in [3.8, 4) is 0 Å². The van der Waals surface area contributed by atoms with Gasteiger partial charge in [0.1, 0.15) is 23.2 Å². The molecule has 64 heavy (non-hydrogen) atoms. The molecule has 25 heteroatoms. The molecule has 3 aromatic heterocycles. The molecule has 0 bridgehead atoms. The van der Waals surface area contributed by atoms with Gasteiger partial charge in [-0.3, -0.25) is 38.5 Å². The third-order valence-electron chi connectivity index (χ3n) is 9.87. The Hall–Kier alpha value is -7.54. The number of rotatable bonds is 17. The Morgan fingerprint density at radius 2 is 1.75 bits per heavy atom. The topological polar surface area (TPSA) is 265 Å². The van der Waals surface area contributed by atoms with Crippen molar-refractivity contribution in [3.63, 3.8) is 0 Å². The minimum absolute atomic E-state index is 0.00912. The largest absolute Gasteiger partial charge is 0.421 e. The molecule has 2 aromatic carbocycles. The maximum atomic E-state index is 13.9. The number of imide groups is 2. The summed E-state index contributed by atoms with van der Waals surface area (Å²) in [7, 11) is -2.33. The van der Waals surface area contributed by atoms with E-state index in [1.165, 1.54) is 54.5 Å². The summed E-state index contributed by atoms with van der Waals surface area (Å²) in [6.45, 7) is 0.761. The van der Waals surface area contributed by atoms with Gasteiger partial charge in [-0.2, -0.15) is 18.2 Å². The Kier molecular flexibility index (Phi) is 12.8. The number of ether oxygens (including phenoxy) is 1. The standard InChI is InChI=1S/C39H38F3N13O8S/c1-53(64(2,61)62)33-22(5-4-14-44-33)19-45-38-46-20-26(39(40,41)42)32(50-38)47-23-8-10-24(11-9-23)48-34(57)28-21-54(52-51-28)16-18-63-17-15-43-27-7-3-6-25-31(27)37(60)55(36(25)59)29-12-13-30(56)49-35(29)58/h3-11,14,20-21,29,43H,12-13,15-19H2,1-2H3,(H,48,57)(H,49,56,58)(H2,45,46,47,50). The highest BCUT2D eigenvalue weighted by atomic mass is 32.2. The van der Waals surface area contributed by atoms with E-state index in [4.69, 9.17) is 4.74 Å². The van der Waals surface area contributed by atoms with Gasteiger partial charge in [0.15, 0.2) is 5.69 Å². The second-order valence-electron chi connectivity index (χ2n) is 14.3. The molecule has 5 heterocycles. The fourth-order valence-corrected chi connectivity index (χ4v) is 7.09. The number of carbonyl (C=O) groups is 5. The van der Waals surface area contributed by atoms with Gasteiger partial charge in [-0.1, -0.05) is 17.3 Å². The van der Waals surface area contributed by atoms with E-state index in [-0.39, 0.29) is 80.0 Å². The van der Waals surface area contributed by atoms with Gasteiger partial charge in [-0.15, -0.1) is 5.10 Å². The molecule has 5 N–H and O–H groups in total. The van der Waals surface area contributed by atoms with E-state index in [0.29, 0.717) is 23.1 Å². The number of pyridine rings is 1. The Morgan fingerprint density at radius 3 is 2.48 bits per heavy atom. The lowest BCUT2D eigenvalue weighted by Gasteiger charge is -2.27. The molecule has 1 unspecified atom stereocenters. The third kappa shape index (κ3) is 10.0. The monoisotopic (exact) mass is 905 g/mol. The number of amides is 5. The van der Waals surface area contributed by atoms with E-state index < -0.39 is 63.2 Å². The number of nitrogens with zero attached hydrogens (tertiary/aromatic N) is 8. The molecule has 0 saturated carbocycles. The summed E-state index contributed by atoms with van der Waals surface area (Å²) in [6, 6.07) is 12.6. The first-order valence-corrected chi connectivity index (χ1v) is 21.1. The zero-order valence-electron chi connectivity index (χ0n) is 33.8. The number of hydrogen-bond donors (Lipinski definition) is 5. The number of hydrogen-bond acceptors (Lipinski definition) is 16. The van der Waals surface area contributed by atoms with Crippen LogP contribution in [0.3, 0.4) is 0 Å². The summed E-state index contributed by atoms with van der Waals surface area (Å²) in [5, 5.41) is 21.2. The molecule has 5 aromatic rings. The number of sulfonamides is 1. The number of carbonyl (C=O) groups excluding carboxylic acids is 5. The minimum Gasteiger partial charge on any atom is -0.382 e. The van der Waals surface area contributed by atoms with E-state index >= 15 is 0 Å². The lowest BCUT2D eigenvalue weighted by atomic mass is 10.0. The molecule has 0 radical (unpaired) electrons. The van der Waals surface area contributed by atoms with E-state index in [2.05, 4.69) is 51.8 Å². The van der Waals surface area contributed by atoms with Crippen molar-refractivity contribution in [2.45, 2.75) is 38.1 Å². The van der Waals surface area contributed by atoms with Crippen LogP contribution in [-0.4, -0.2) is 112 Å². The van der Waals surface area contributed by atoms with Gasteiger partial charge in [0.2, 0.25) is 27.8 Å². The molecular weight excluding hydrogens is 868 g/mol. The summed E-state index contributed by atoms with van der Waals surface area (Å²) in [6.07, 6.45) is -0.339. The van der Waals surface area contributed by atoms with Crippen LogP contribution in [0.4, 0.5) is 47.8 Å². The first kappa shape index (κ1) is 44.5. The van der Waals surface area contributed by atoms with Gasteiger partial charge in [0, 0.05) is 61.6 Å². The number of benzene rings is 2. The van der Waals surface area contributed by atoms with Crippen LogP contribution in [0, 0.1) is 0 Å². The number of halogens is 3. The number of fused-ring (bicyclic) bond motifs is 1. The summed E-state index contributed by atoms with van der Waals surface area (Å²) in [5.41, 5.74) is 0.398. The van der Waals surface area contributed by atoms with E-state index in [1.807, 2.05) is 0 Å². The highest BCUT2D eigenvalue weighted by molar-refractivity contribution is 7.92. The van der Waals surface area contributed by atoms with Crippen molar-refractivity contribution in [3.05, 3.63) is 101 Å². The van der Waals surface area contributed by atoms with Crippen LogP contribution in [0.5, 0.6) is 0 Å². The molecule has 0 aliphatic carbocycles. The molecule has 2 aliphatic rings. The van der Waals surface area contributed by atoms with E-state index in [0.717, 1.165) is 15.5 Å². The van der Waals surface area contributed by atoms with Crippen molar-refractivity contribution in [1.29, 1.82) is 0 Å². The maximum Gasteiger partial charge on any atom is 0.421 e. The van der Waals surface area contributed by atoms with Crippen molar-refractivity contribution >= 4 is 74.2 Å². The number of piperidine rings is 1. The zero-order chi connectivity index (χ0) is 45.8. The van der Waals surface area contributed by atoms with Crippen LogP contribution in [-0.2, 0) is 43.6 Å². The fraction of sp³-hybridized carbons (Fsp3) is 0.282. The van der Waals surface area contributed by atoms with Crippen LogP contribution < -0.4 is 30.9 Å². The number of aromatic nitrogens is 6. The van der Waals surface area contributed by atoms with Gasteiger partial charge in [-0.05, 0) is 48.9 Å². The quantitative estimate of drug-likeness (QED) is 0.0663. The van der Waals surface area contributed by atoms with Crippen LogP contribution >= 0.6 is 0 Å². The maximum absolute atomic E-state index is 13.9. The van der Waals surface area contributed by atoms with Gasteiger partial charge in [-0.25, -0.2) is 23.1 Å². The van der Waals surface area contributed by atoms with Crippen LogP contribution in [0.1, 0.15) is 55.2 Å². The van der Waals surface area contributed by atoms with Crippen molar-refractivity contribution in [1.82, 2.24) is 40.2 Å². The van der Waals surface area contributed by atoms with Crippen LogP contribution in [0.2, 0.25) is 0 Å². The minimum atomic E-state index is -4.81. The molecular formula is C39H38F3N13O8S. The second-order valence-corrected chi connectivity index (χ2v) is 16.3. The Morgan fingerprint density at radius 1 is 0.984 bits per heavy atom. The van der Waals surface area contributed by atoms with Gasteiger partial charge >= 0.3 is 6.18 Å². The van der Waals surface area contributed by atoms with E-state index in [1.54, 1.807) is 24.3 Å². The molecule has 1 atom stereocenters. The van der Waals surface area contributed by atoms with Gasteiger partial charge in [0.25, 0.3) is 17.7 Å². The summed E-state index contributed by atoms with van der Waals surface area (Å²) in [4.78, 5) is 76.1. The molecule has 21 nitrogen and oxygen atoms in total. The summed E-state index contributed by atoms with van der Waals surface area (Å²) in [5.74, 6) is -3.65. The molecule has 0 spiro atoms. The van der Waals surface area contributed by atoms with Crippen LogP contribution in [0.25, 0.3) is 0 Å². The SMILES string of the molecule is CN(c1ncccc1CNc1ncc(C(F)(F)F)c(Nc2ccc(NC(=O)c3cn(CCOCCNc4cccc5c4C(=O)N(C4CCC(=O)NC4=O)C5=O)nn3)cc2)n1)S(C)(=O)=O. The lowest BCUT2D eigenvalue weighted by molar-refractivity contribution is -0.138. The van der Waals surface area contributed by atoms with Crippen LogP contribution in [0.15, 0.2) is 73.2 Å². The Bertz CT molecular complexity index is 2740. The smallest absolute Gasteiger partial charge is 0.382 e. The number of anilines is 6. The number of alkyl halides is 3. The summed E-state index contributed by atoms with van der Waals surface area (Å²) < 4.78 is 74.0. The fourth-order valence-electron chi connectivity index (χ4n) is 6.61. The first-order chi connectivity index (χ1) is 30.5. The Labute approximate surface area is 361 Å². The summed E-state index contributed by atoms with van der Waals surface area (Å²) >= 11 is 0. The Balaban J connectivity index is 0.883. The molecule has 1 fully saturated rings. The lowest BCUT2D eigenvalue weighted by Crippen LogP contribution is -2.54. The third-order valence-corrected chi connectivity index (χ3v) is 11.0.